The number of hydrogen-bond acceptors (Lipinski definition) is 4. The van der Waals surface area contributed by atoms with Crippen LogP contribution < -0.4 is 11.4 Å². The van der Waals surface area contributed by atoms with Crippen molar-refractivity contribution in [2.75, 3.05) is 0 Å². The van der Waals surface area contributed by atoms with Gasteiger partial charge >= 0.3 is 7.69 Å². The molecule has 1 radical (unpaired) electrons. The normalized spacial score (nSPS) is 8.25. The fourth-order valence-electron chi connectivity index (χ4n) is 0.135. The quantitative estimate of drug-likeness (QED) is 0.267. The number of nitrogens with two attached hydrogens (primary N) is 1. The molecule has 0 unspecified atom stereocenters. The molecular weight excluding hydrogens is 111 g/mol. The van der Waals surface area contributed by atoms with Crippen molar-refractivity contribution in [3.05, 3.63) is 0 Å². The second-order valence-electron chi connectivity index (χ2n) is 1.01. The van der Waals surface area contributed by atoms with E-state index in [0.29, 0.717) is 0 Å². The molecule has 0 atom stereocenters. The summed E-state index contributed by atoms with van der Waals surface area (Å²) < 4.78 is 8.00. The predicted octanol–water partition coefficient (Wildman–Crippen LogP) is -1.52. The molecule has 0 saturated carbocycles. The summed E-state index contributed by atoms with van der Waals surface area (Å²) in [5.74, 6) is 4.16. The largest absolute Gasteiger partial charge is 0.531 e. The second kappa shape index (κ2) is 4.57. The molecule has 0 fully saturated rings. The molecule has 0 bridgehead atoms. The van der Waals surface area contributed by atoms with Gasteiger partial charge in [-0.3, -0.25) is 9.55 Å². The Morgan fingerprint density at radius 3 is 2.88 bits per heavy atom. The Hall–Kier alpha value is -0.585. The minimum atomic E-state index is -0.321. The molecule has 45 valence electrons. The van der Waals surface area contributed by atoms with E-state index in [4.69, 9.17) is 0 Å². The van der Waals surface area contributed by atoms with Crippen LogP contribution in [0.2, 0.25) is 0 Å². The van der Waals surface area contributed by atoms with E-state index >= 15 is 0 Å². The summed E-state index contributed by atoms with van der Waals surface area (Å²) in [6, 6.07) is 0. The Morgan fingerprint density at radius 1 is 1.88 bits per heavy atom. The number of carbonyl (C=O) groups is 1. The van der Waals surface area contributed by atoms with Gasteiger partial charge in [0, 0.05) is 6.92 Å². The lowest BCUT2D eigenvalue weighted by Crippen LogP contribution is -2.24. The lowest BCUT2D eigenvalue weighted by Gasteiger charge is -1.96. The van der Waals surface area contributed by atoms with Crippen LogP contribution >= 0.6 is 0 Å². The summed E-state index contributed by atoms with van der Waals surface area (Å²) in [4.78, 5) is 9.97. The number of carbonyl (C=O) groups excluding carboxylic acids is 1. The third-order valence-corrected chi connectivity index (χ3v) is 0.306. The number of amides is 1. The Labute approximate surface area is 47.3 Å². The zero-order valence-corrected chi connectivity index (χ0v) is 4.38. The van der Waals surface area contributed by atoms with Crippen LogP contribution in [0.5, 0.6) is 0 Å². The van der Waals surface area contributed by atoms with Crippen molar-refractivity contribution >= 4 is 13.6 Å². The predicted molar refractivity (Wildman–Crippen MR) is 25.9 cm³/mol. The van der Waals surface area contributed by atoms with Gasteiger partial charge in [-0.2, -0.15) is 0 Å². The van der Waals surface area contributed by atoms with Gasteiger partial charge in [0.25, 0.3) is 0 Å². The van der Waals surface area contributed by atoms with Gasteiger partial charge in [0.1, 0.15) is 0 Å². The zero-order chi connectivity index (χ0) is 6.41. The van der Waals surface area contributed by atoms with Gasteiger partial charge in [-0.15, -0.1) is 0 Å². The average Bonchev–Trinajstić information content (AvgIpc) is 1.66. The highest BCUT2D eigenvalue weighted by molar-refractivity contribution is 6.17. The highest BCUT2D eigenvalue weighted by Gasteiger charge is 1.91. The molecule has 0 spiro atoms. The number of hydrogen-bond donors (Lipinski definition) is 2. The van der Waals surface area contributed by atoms with Crippen LogP contribution in [-0.2, 0) is 14.3 Å². The molecular formula is C2H6BN2O3. The summed E-state index contributed by atoms with van der Waals surface area (Å²) in [5.41, 5.74) is 1.95. The minimum absolute atomic E-state index is 0.321. The first-order valence-corrected chi connectivity index (χ1v) is 1.87. The van der Waals surface area contributed by atoms with Crippen LogP contribution in [-0.4, -0.2) is 13.6 Å². The minimum Gasteiger partial charge on any atom is -0.330 e. The van der Waals surface area contributed by atoms with Crippen LogP contribution in [0.4, 0.5) is 0 Å². The first-order valence-electron chi connectivity index (χ1n) is 1.87. The standard InChI is InChI=1S/C2H6BN2O3/c1-2(6)5-8-3-7-4/h4H2,1H3,(H,5,6). The number of nitrogens with one attached hydrogen (secondary N) is 1. The summed E-state index contributed by atoms with van der Waals surface area (Å²) >= 11 is 0. The van der Waals surface area contributed by atoms with Crippen LogP contribution in [0.1, 0.15) is 6.92 Å². The Morgan fingerprint density at radius 2 is 2.50 bits per heavy atom. The summed E-state index contributed by atoms with van der Waals surface area (Å²) in [6.07, 6.45) is 0. The Balaban J connectivity index is 2.82. The molecule has 0 saturated heterocycles. The van der Waals surface area contributed by atoms with E-state index in [0.717, 1.165) is 7.69 Å². The van der Waals surface area contributed by atoms with Crippen molar-refractivity contribution in [1.29, 1.82) is 0 Å². The molecule has 1 amide bonds. The molecule has 0 aliphatic heterocycles. The molecule has 0 rings (SSSR count). The highest BCUT2D eigenvalue weighted by atomic mass is 16.7. The van der Waals surface area contributed by atoms with Crippen LogP contribution in [0, 0.1) is 0 Å². The second-order valence-corrected chi connectivity index (χ2v) is 1.01. The lowest BCUT2D eigenvalue weighted by molar-refractivity contribution is -0.125. The Kier molecular flexibility index (Phi) is 4.24. The lowest BCUT2D eigenvalue weighted by atomic mass is 10.4. The van der Waals surface area contributed by atoms with Crippen molar-refractivity contribution in [2.45, 2.75) is 6.92 Å². The molecule has 5 nitrogen and oxygen atoms in total. The zero-order valence-electron chi connectivity index (χ0n) is 4.38. The summed E-state index contributed by atoms with van der Waals surface area (Å²) in [7, 11) is 0.793. The van der Waals surface area contributed by atoms with Crippen LogP contribution in [0.25, 0.3) is 0 Å². The first kappa shape index (κ1) is 7.41. The SMILES string of the molecule is CC(=O)NO[B]ON. The van der Waals surface area contributed by atoms with E-state index < -0.39 is 0 Å². The maximum absolute atomic E-state index is 9.97. The smallest absolute Gasteiger partial charge is 0.330 e. The van der Waals surface area contributed by atoms with Gasteiger partial charge in [0.05, 0.1) is 0 Å². The summed E-state index contributed by atoms with van der Waals surface area (Å²) in [6.45, 7) is 1.30. The fourth-order valence-corrected chi connectivity index (χ4v) is 0.135. The third kappa shape index (κ3) is 5.41. The highest BCUT2D eigenvalue weighted by Crippen LogP contribution is 1.60. The van der Waals surface area contributed by atoms with Gasteiger partial charge in [-0.25, -0.2) is 11.4 Å². The van der Waals surface area contributed by atoms with Crippen molar-refractivity contribution in [3.63, 3.8) is 0 Å². The molecule has 0 aromatic rings. The maximum Gasteiger partial charge on any atom is 0.531 e. The molecule has 8 heavy (non-hydrogen) atoms. The van der Waals surface area contributed by atoms with E-state index in [-0.39, 0.29) is 5.91 Å². The Bertz CT molecular complexity index is 77.7. The van der Waals surface area contributed by atoms with E-state index in [9.17, 15) is 4.79 Å². The molecule has 0 heterocycles. The molecule has 0 aliphatic rings. The van der Waals surface area contributed by atoms with Gasteiger partial charge in [0.15, 0.2) is 0 Å². The van der Waals surface area contributed by atoms with Crippen LogP contribution in [0.15, 0.2) is 0 Å². The molecule has 3 N–H and O–H groups in total. The van der Waals surface area contributed by atoms with E-state index in [1.54, 1.807) is 0 Å². The van der Waals surface area contributed by atoms with Crippen molar-refractivity contribution < 1.29 is 14.3 Å². The summed E-state index contributed by atoms with van der Waals surface area (Å²) in [5, 5.41) is 0. The fraction of sp³-hybridized carbons (Fsp3) is 0.500. The molecule has 6 heteroatoms. The van der Waals surface area contributed by atoms with Gasteiger partial charge in [-0.05, 0) is 0 Å². The molecule has 0 aliphatic carbocycles. The topological polar surface area (TPSA) is 73.6 Å². The van der Waals surface area contributed by atoms with Crippen molar-refractivity contribution in [1.82, 2.24) is 5.48 Å². The van der Waals surface area contributed by atoms with E-state index in [1.165, 1.54) is 6.92 Å². The van der Waals surface area contributed by atoms with Crippen molar-refractivity contribution in [2.24, 2.45) is 5.90 Å². The third-order valence-electron chi connectivity index (χ3n) is 0.306. The van der Waals surface area contributed by atoms with E-state index in [1.807, 2.05) is 5.48 Å². The number of hydroxylamine groups is 1. The van der Waals surface area contributed by atoms with Gasteiger partial charge < -0.3 is 4.76 Å². The maximum atomic E-state index is 9.97. The number of rotatable bonds is 3. The molecule has 0 aromatic carbocycles. The van der Waals surface area contributed by atoms with E-state index in [2.05, 4.69) is 15.4 Å². The van der Waals surface area contributed by atoms with Crippen LogP contribution in [0.3, 0.4) is 0 Å². The monoisotopic (exact) mass is 117 g/mol. The average molecular weight is 117 g/mol. The molecule has 0 aromatic heterocycles. The van der Waals surface area contributed by atoms with Crippen molar-refractivity contribution in [3.8, 4) is 0 Å². The first-order chi connectivity index (χ1) is 3.77. The van der Waals surface area contributed by atoms with Gasteiger partial charge in [0.2, 0.25) is 5.91 Å². The van der Waals surface area contributed by atoms with Gasteiger partial charge in [-0.1, -0.05) is 0 Å².